The second kappa shape index (κ2) is 3.95. The molecule has 3 N–H and O–H groups in total. The topological polar surface area (TPSA) is 50.9 Å². The third-order valence-corrected chi connectivity index (χ3v) is 2.99. The molecule has 0 aliphatic rings. The van der Waals surface area contributed by atoms with Crippen LogP contribution in [0.5, 0.6) is 0 Å². The van der Waals surface area contributed by atoms with E-state index in [1.165, 1.54) is 0 Å². The Labute approximate surface area is 98.8 Å². The highest BCUT2D eigenvalue weighted by atomic mass is 79.9. The minimum atomic E-state index is -0.712. The van der Waals surface area contributed by atoms with Gasteiger partial charge >= 0.3 is 0 Å². The summed E-state index contributed by atoms with van der Waals surface area (Å²) in [4.78, 5) is 4.02. The number of anilines is 1. The quantitative estimate of drug-likeness (QED) is 0.482. The molecule has 84 valence electrons. The molecule has 0 bridgehead atoms. The third-order valence-electron chi connectivity index (χ3n) is 2.21. The number of hydrogen-bond acceptors (Lipinski definition) is 3. The van der Waals surface area contributed by atoms with Gasteiger partial charge in [-0.05, 0) is 28.9 Å². The number of halogens is 3. The van der Waals surface area contributed by atoms with Crippen molar-refractivity contribution < 1.29 is 8.78 Å². The molecule has 2 rings (SSSR count). The smallest absolute Gasteiger partial charge is 0.152 e. The summed E-state index contributed by atoms with van der Waals surface area (Å²) in [6.07, 6.45) is 0. The van der Waals surface area contributed by atoms with Crippen LogP contribution >= 0.6 is 15.9 Å². The van der Waals surface area contributed by atoms with E-state index in [1.807, 2.05) is 0 Å². The molecule has 1 aromatic carbocycles. The molecule has 0 aliphatic heterocycles. The summed E-state index contributed by atoms with van der Waals surface area (Å²) in [7, 11) is 0. The molecule has 0 aliphatic carbocycles. The molecule has 1 aromatic heterocycles. The van der Waals surface area contributed by atoms with E-state index in [0.717, 1.165) is 6.07 Å². The van der Waals surface area contributed by atoms with Gasteiger partial charge in [0.25, 0.3) is 0 Å². The van der Waals surface area contributed by atoms with Crippen molar-refractivity contribution in [2.45, 2.75) is 6.92 Å². The molecule has 6 heteroatoms. The van der Waals surface area contributed by atoms with Gasteiger partial charge in [0.15, 0.2) is 5.82 Å². The molecular weight excluding hydrogens is 280 g/mol. The highest BCUT2D eigenvalue weighted by molar-refractivity contribution is 9.10. The maximum absolute atomic E-state index is 13.5. The second-order valence-corrected chi connectivity index (χ2v) is 4.13. The Kier molecular flexibility index (Phi) is 2.77. The van der Waals surface area contributed by atoms with E-state index in [2.05, 4.69) is 26.3 Å². The van der Waals surface area contributed by atoms with Crippen molar-refractivity contribution in [1.82, 2.24) is 4.98 Å². The number of hydrogen-bond donors (Lipinski definition) is 2. The molecule has 0 atom stereocenters. The zero-order valence-electron chi connectivity index (χ0n) is 8.31. The lowest BCUT2D eigenvalue weighted by Gasteiger charge is -2.10. The molecule has 1 heterocycles. The monoisotopic (exact) mass is 287 g/mol. The first-order valence-corrected chi connectivity index (χ1v) is 5.25. The Hall–Kier alpha value is -1.27. The minimum Gasteiger partial charge on any atom is -0.323 e. The molecule has 0 amide bonds. The van der Waals surface area contributed by atoms with Crippen LogP contribution in [0.3, 0.4) is 0 Å². The Balaban J connectivity index is 2.99. The summed E-state index contributed by atoms with van der Waals surface area (Å²) in [5.41, 5.74) is 3.51. The summed E-state index contributed by atoms with van der Waals surface area (Å²) in [6.45, 7) is 1.71. The Morgan fingerprint density at radius 1 is 1.31 bits per heavy atom. The maximum Gasteiger partial charge on any atom is 0.152 e. The largest absolute Gasteiger partial charge is 0.323 e. The van der Waals surface area contributed by atoms with Gasteiger partial charge in [-0.25, -0.2) is 13.8 Å². The van der Waals surface area contributed by atoms with Gasteiger partial charge in [-0.1, -0.05) is 0 Å². The summed E-state index contributed by atoms with van der Waals surface area (Å²) >= 11 is 3.05. The van der Waals surface area contributed by atoms with E-state index in [-0.39, 0.29) is 9.99 Å². The summed E-state index contributed by atoms with van der Waals surface area (Å²) in [6, 6.07) is 2.41. The van der Waals surface area contributed by atoms with Crippen molar-refractivity contribution >= 4 is 32.5 Å². The van der Waals surface area contributed by atoms with Gasteiger partial charge in [-0.3, -0.25) is 5.84 Å². The van der Waals surface area contributed by atoms with Crippen LogP contribution in [0.4, 0.5) is 14.5 Å². The van der Waals surface area contributed by atoms with Crippen LogP contribution < -0.4 is 11.3 Å². The molecule has 0 fully saturated rings. The SMILES string of the molecule is Cc1cc(NN)c2c(Br)c(F)cc(F)c2n1. The highest BCUT2D eigenvalue weighted by Crippen LogP contribution is 2.33. The van der Waals surface area contributed by atoms with Crippen molar-refractivity contribution in [1.29, 1.82) is 0 Å². The van der Waals surface area contributed by atoms with Gasteiger partial charge in [0, 0.05) is 17.1 Å². The summed E-state index contributed by atoms with van der Waals surface area (Å²) in [5, 5.41) is 0.297. The van der Waals surface area contributed by atoms with E-state index in [4.69, 9.17) is 5.84 Å². The van der Waals surface area contributed by atoms with Crippen molar-refractivity contribution in [3.63, 3.8) is 0 Å². The van der Waals surface area contributed by atoms with Crippen molar-refractivity contribution in [3.05, 3.63) is 33.9 Å². The number of hydrazine groups is 1. The molecule has 0 saturated carbocycles. The molecule has 3 nitrogen and oxygen atoms in total. The van der Waals surface area contributed by atoms with Crippen molar-refractivity contribution in [2.75, 3.05) is 5.43 Å². The first kappa shape index (κ1) is 11.2. The van der Waals surface area contributed by atoms with Crippen molar-refractivity contribution in [2.24, 2.45) is 5.84 Å². The van der Waals surface area contributed by atoms with Crippen LogP contribution in [0.1, 0.15) is 5.69 Å². The molecule has 0 radical (unpaired) electrons. The zero-order chi connectivity index (χ0) is 11.9. The average Bonchev–Trinajstić information content (AvgIpc) is 2.25. The van der Waals surface area contributed by atoms with Crippen LogP contribution in [0, 0.1) is 18.6 Å². The molecule has 2 aromatic rings. The second-order valence-electron chi connectivity index (χ2n) is 3.33. The summed E-state index contributed by atoms with van der Waals surface area (Å²) < 4.78 is 27.0. The lowest BCUT2D eigenvalue weighted by Crippen LogP contribution is -2.09. The fraction of sp³-hybridized carbons (Fsp3) is 0.100. The maximum atomic E-state index is 13.5. The minimum absolute atomic E-state index is 0.0845. The van der Waals surface area contributed by atoms with Gasteiger partial charge in [0.2, 0.25) is 0 Å². The molecule has 0 unspecified atom stereocenters. The Morgan fingerprint density at radius 3 is 2.62 bits per heavy atom. The number of nitrogens with zero attached hydrogens (tertiary/aromatic N) is 1. The number of pyridine rings is 1. The zero-order valence-corrected chi connectivity index (χ0v) is 9.90. The van der Waals surface area contributed by atoms with Crippen LogP contribution in [0.25, 0.3) is 10.9 Å². The van der Waals surface area contributed by atoms with Crippen LogP contribution in [-0.4, -0.2) is 4.98 Å². The lowest BCUT2D eigenvalue weighted by atomic mass is 10.1. The Bertz CT molecular complexity index is 572. The molecular formula is C10H8BrF2N3. The normalized spacial score (nSPS) is 10.8. The Morgan fingerprint density at radius 2 is 2.00 bits per heavy atom. The third kappa shape index (κ3) is 1.64. The lowest BCUT2D eigenvalue weighted by molar-refractivity contribution is 0.586. The van der Waals surface area contributed by atoms with Gasteiger partial charge in [0.05, 0.1) is 10.2 Å². The predicted molar refractivity (Wildman–Crippen MR) is 61.9 cm³/mol. The summed E-state index contributed by atoms with van der Waals surface area (Å²) in [5.74, 6) is 3.91. The first-order valence-electron chi connectivity index (χ1n) is 4.46. The van der Waals surface area contributed by atoms with E-state index in [1.54, 1.807) is 13.0 Å². The number of benzene rings is 1. The molecule has 0 spiro atoms. The van der Waals surface area contributed by atoms with Crippen LogP contribution in [0.15, 0.2) is 16.6 Å². The van der Waals surface area contributed by atoms with Crippen molar-refractivity contribution in [3.8, 4) is 0 Å². The highest BCUT2D eigenvalue weighted by Gasteiger charge is 2.15. The molecule has 0 saturated heterocycles. The van der Waals surface area contributed by atoms with E-state index < -0.39 is 11.6 Å². The fourth-order valence-corrected chi connectivity index (χ4v) is 2.06. The number of nitrogen functional groups attached to an aromatic ring is 1. The molecule has 16 heavy (non-hydrogen) atoms. The average molecular weight is 288 g/mol. The number of rotatable bonds is 1. The fourth-order valence-electron chi connectivity index (χ4n) is 1.54. The van der Waals surface area contributed by atoms with E-state index >= 15 is 0 Å². The first-order chi connectivity index (χ1) is 7.54. The van der Waals surface area contributed by atoms with Crippen LogP contribution in [0.2, 0.25) is 0 Å². The van der Waals surface area contributed by atoms with Gasteiger partial charge in [-0.2, -0.15) is 0 Å². The number of aromatic nitrogens is 1. The number of nitrogens with one attached hydrogen (secondary N) is 1. The number of aryl methyl sites for hydroxylation is 1. The number of fused-ring (bicyclic) bond motifs is 1. The van der Waals surface area contributed by atoms with Gasteiger partial charge < -0.3 is 5.43 Å². The predicted octanol–water partition coefficient (Wildman–Crippen LogP) is 2.87. The van der Waals surface area contributed by atoms with Gasteiger partial charge in [-0.15, -0.1) is 0 Å². The number of nitrogens with two attached hydrogens (primary N) is 1. The van der Waals surface area contributed by atoms with Gasteiger partial charge in [0.1, 0.15) is 11.3 Å². The van der Waals surface area contributed by atoms with E-state index in [0.29, 0.717) is 16.8 Å². The standard InChI is InChI=1S/C10H8BrF2N3/c1-4-2-7(16-14)8-9(11)5(12)3-6(13)10(8)15-4/h2-3H,14H2,1H3,(H,15,16). The van der Waals surface area contributed by atoms with Crippen LogP contribution in [-0.2, 0) is 0 Å². The van der Waals surface area contributed by atoms with E-state index in [9.17, 15) is 8.78 Å².